The van der Waals surface area contributed by atoms with Gasteiger partial charge < -0.3 is 5.32 Å². The Bertz CT molecular complexity index is 518. The summed E-state index contributed by atoms with van der Waals surface area (Å²) in [5.41, 5.74) is 1.20. The molecule has 0 radical (unpaired) electrons. The maximum absolute atomic E-state index is 4.72. The van der Waals surface area contributed by atoms with Crippen molar-refractivity contribution in [1.29, 1.82) is 0 Å². The summed E-state index contributed by atoms with van der Waals surface area (Å²) in [6.45, 7) is 7.86. The predicted octanol–water partition coefficient (Wildman–Crippen LogP) is 2.75. The van der Waals surface area contributed by atoms with Crippen LogP contribution < -0.4 is 5.32 Å². The first-order valence-electron chi connectivity index (χ1n) is 7.64. The second-order valence-electron chi connectivity index (χ2n) is 5.83. The maximum atomic E-state index is 4.72. The smallest absolute Gasteiger partial charge is 0.193 e. The van der Waals surface area contributed by atoms with Crippen LogP contribution in [0.4, 0.5) is 0 Å². The number of rotatable bonds is 4. The van der Waals surface area contributed by atoms with E-state index in [2.05, 4.69) is 46.2 Å². The van der Waals surface area contributed by atoms with Crippen molar-refractivity contribution in [2.24, 2.45) is 0 Å². The van der Waals surface area contributed by atoms with Crippen LogP contribution in [-0.4, -0.2) is 39.5 Å². The summed E-state index contributed by atoms with van der Waals surface area (Å²) in [4.78, 5) is 8.41. The first-order chi connectivity index (χ1) is 9.76. The summed E-state index contributed by atoms with van der Waals surface area (Å²) < 4.78 is 2.13. The van der Waals surface area contributed by atoms with Crippen LogP contribution >= 0.6 is 11.3 Å². The van der Waals surface area contributed by atoms with Crippen LogP contribution in [0.3, 0.4) is 0 Å². The average molecular weight is 292 g/mol. The van der Waals surface area contributed by atoms with Crippen LogP contribution in [-0.2, 0) is 6.54 Å². The molecule has 3 rings (SSSR count). The van der Waals surface area contributed by atoms with E-state index in [1.807, 2.05) is 0 Å². The van der Waals surface area contributed by atoms with Gasteiger partial charge in [-0.1, -0.05) is 13.3 Å². The van der Waals surface area contributed by atoms with Gasteiger partial charge in [0.1, 0.15) is 0 Å². The molecule has 0 aromatic carbocycles. The Hall–Kier alpha value is -0.910. The lowest BCUT2D eigenvalue weighted by Crippen LogP contribution is -2.39. The zero-order valence-corrected chi connectivity index (χ0v) is 13.2. The standard InChI is InChI=1S/C15H24N4S/c1-3-4-13-9-19(12(2)5-6-16-13)11-14-10-18-7-8-20-15(18)17-14/h7-8,10,12-13,16H,3-6,9,11H2,1-2H3. The lowest BCUT2D eigenvalue weighted by molar-refractivity contribution is 0.191. The Labute approximate surface area is 124 Å². The van der Waals surface area contributed by atoms with Gasteiger partial charge in [-0.3, -0.25) is 9.30 Å². The molecule has 1 saturated heterocycles. The van der Waals surface area contributed by atoms with Crippen molar-refractivity contribution >= 4 is 16.3 Å². The first-order valence-corrected chi connectivity index (χ1v) is 8.52. The second-order valence-corrected chi connectivity index (χ2v) is 6.70. The highest BCUT2D eigenvalue weighted by Crippen LogP contribution is 2.17. The molecule has 2 aromatic rings. The molecule has 20 heavy (non-hydrogen) atoms. The van der Waals surface area contributed by atoms with Crippen LogP contribution in [0.1, 0.15) is 38.8 Å². The highest BCUT2D eigenvalue weighted by atomic mass is 32.1. The summed E-state index contributed by atoms with van der Waals surface area (Å²) in [5, 5.41) is 5.77. The number of aromatic nitrogens is 2. The van der Waals surface area contributed by atoms with Crippen LogP contribution in [0, 0.1) is 0 Å². The number of imidazole rings is 1. The Balaban J connectivity index is 1.71. The molecule has 0 amide bonds. The largest absolute Gasteiger partial charge is 0.313 e. The molecule has 0 bridgehead atoms. The average Bonchev–Trinajstić information content (AvgIpc) is 2.93. The van der Waals surface area contributed by atoms with Gasteiger partial charge >= 0.3 is 0 Å². The van der Waals surface area contributed by atoms with Crippen molar-refractivity contribution < 1.29 is 0 Å². The van der Waals surface area contributed by atoms with E-state index in [4.69, 9.17) is 4.98 Å². The normalized spacial score (nSPS) is 25.1. The third kappa shape index (κ3) is 3.05. The fourth-order valence-corrected chi connectivity index (χ4v) is 3.75. The van der Waals surface area contributed by atoms with E-state index in [1.54, 1.807) is 11.3 Å². The zero-order chi connectivity index (χ0) is 13.9. The van der Waals surface area contributed by atoms with Crippen molar-refractivity contribution in [2.45, 2.75) is 51.7 Å². The van der Waals surface area contributed by atoms with E-state index in [9.17, 15) is 0 Å². The zero-order valence-electron chi connectivity index (χ0n) is 12.4. The molecule has 110 valence electrons. The van der Waals surface area contributed by atoms with Gasteiger partial charge in [-0.15, -0.1) is 11.3 Å². The van der Waals surface area contributed by atoms with E-state index in [1.165, 1.54) is 25.0 Å². The minimum atomic E-state index is 0.629. The van der Waals surface area contributed by atoms with Crippen molar-refractivity contribution in [3.05, 3.63) is 23.5 Å². The van der Waals surface area contributed by atoms with Crippen molar-refractivity contribution in [1.82, 2.24) is 19.6 Å². The molecule has 2 atom stereocenters. The quantitative estimate of drug-likeness (QED) is 0.940. The number of hydrogen-bond donors (Lipinski definition) is 1. The summed E-state index contributed by atoms with van der Waals surface area (Å²) in [6, 6.07) is 1.26. The fraction of sp³-hybridized carbons (Fsp3) is 0.667. The molecular weight excluding hydrogens is 268 g/mol. The van der Waals surface area contributed by atoms with Gasteiger partial charge in [-0.05, 0) is 26.3 Å². The molecule has 0 saturated carbocycles. The van der Waals surface area contributed by atoms with Gasteiger partial charge in [0.15, 0.2) is 4.96 Å². The molecule has 3 heterocycles. The van der Waals surface area contributed by atoms with Gasteiger partial charge in [0.25, 0.3) is 0 Å². The summed E-state index contributed by atoms with van der Waals surface area (Å²) in [5.74, 6) is 0. The van der Waals surface area contributed by atoms with Crippen LogP contribution in [0.15, 0.2) is 17.8 Å². The lowest BCUT2D eigenvalue weighted by Gasteiger charge is -2.28. The van der Waals surface area contributed by atoms with E-state index in [0.717, 1.165) is 24.6 Å². The van der Waals surface area contributed by atoms with Crippen molar-refractivity contribution in [3.8, 4) is 0 Å². The summed E-state index contributed by atoms with van der Waals surface area (Å²) >= 11 is 1.70. The van der Waals surface area contributed by atoms with Gasteiger partial charge in [-0.2, -0.15) is 0 Å². The van der Waals surface area contributed by atoms with Crippen LogP contribution in [0.5, 0.6) is 0 Å². The molecule has 1 aliphatic heterocycles. The second kappa shape index (κ2) is 6.24. The van der Waals surface area contributed by atoms with E-state index < -0.39 is 0 Å². The molecule has 2 aromatic heterocycles. The molecule has 1 aliphatic rings. The molecule has 1 fully saturated rings. The predicted molar refractivity (Wildman–Crippen MR) is 84.3 cm³/mol. The molecule has 2 unspecified atom stereocenters. The van der Waals surface area contributed by atoms with Crippen molar-refractivity contribution in [2.75, 3.05) is 13.1 Å². The van der Waals surface area contributed by atoms with Gasteiger partial charge in [0.05, 0.1) is 5.69 Å². The van der Waals surface area contributed by atoms with Gasteiger partial charge in [0, 0.05) is 42.9 Å². The van der Waals surface area contributed by atoms with E-state index in [0.29, 0.717) is 12.1 Å². The van der Waals surface area contributed by atoms with Crippen LogP contribution in [0.2, 0.25) is 0 Å². The topological polar surface area (TPSA) is 32.6 Å². The van der Waals surface area contributed by atoms with Gasteiger partial charge in [-0.25, -0.2) is 4.98 Å². The third-order valence-corrected chi connectivity index (χ3v) is 4.99. The molecule has 0 spiro atoms. The Kier molecular flexibility index (Phi) is 4.38. The molecule has 5 heteroatoms. The number of hydrogen-bond acceptors (Lipinski definition) is 4. The SMILES string of the molecule is CCCC1CN(Cc2cn3ccsc3n2)C(C)CCN1. The third-order valence-electron chi connectivity index (χ3n) is 4.22. The Morgan fingerprint density at radius 1 is 1.50 bits per heavy atom. The number of thiazole rings is 1. The van der Waals surface area contributed by atoms with Crippen molar-refractivity contribution in [3.63, 3.8) is 0 Å². The molecule has 1 N–H and O–H groups in total. The minimum absolute atomic E-state index is 0.629. The highest BCUT2D eigenvalue weighted by Gasteiger charge is 2.23. The maximum Gasteiger partial charge on any atom is 0.193 e. The molecular formula is C15H24N4S. The van der Waals surface area contributed by atoms with E-state index in [-0.39, 0.29) is 0 Å². The lowest BCUT2D eigenvalue weighted by atomic mass is 10.1. The summed E-state index contributed by atoms with van der Waals surface area (Å²) in [6.07, 6.45) is 8.00. The molecule has 4 nitrogen and oxygen atoms in total. The molecule has 0 aliphatic carbocycles. The van der Waals surface area contributed by atoms with Gasteiger partial charge in [0.2, 0.25) is 0 Å². The number of nitrogens with zero attached hydrogens (tertiary/aromatic N) is 3. The monoisotopic (exact) mass is 292 g/mol. The summed E-state index contributed by atoms with van der Waals surface area (Å²) in [7, 11) is 0. The Morgan fingerprint density at radius 2 is 2.40 bits per heavy atom. The minimum Gasteiger partial charge on any atom is -0.313 e. The Morgan fingerprint density at radius 3 is 3.20 bits per heavy atom. The number of fused-ring (bicyclic) bond motifs is 1. The fourth-order valence-electron chi connectivity index (χ4n) is 3.03. The van der Waals surface area contributed by atoms with Crippen LogP contribution in [0.25, 0.3) is 4.96 Å². The van der Waals surface area contributed by atoms with E-state index >= 15 is 0 Å². The first kappa shape index (κ1) is 14.0. The number of nitrogens with one attached hydrogen (secondary N) is 1. The highest BCUT2D eigenvalue weighted by molar-refractivity contribution is 7.15.